The smallest absolute Gasteiger partial charge is 0.317 e. The van der Waals surface area contributed by atoms with Gasteiger partial charge in [0.15, 0.2) is 5.13 Å². The van der Waals surface area contributed by atoms with Crippen LogP contribution in [0, 0.1) is 5.92 Å². The van der Waals surface area contributed by atoms with Crippen LogP contribution in [0.2, 0.25) is 0 Å². The second-order valence-electron chi connectivity index (χ2n) is 5.85. The lowest BCUT2D eigenvalue weighted by atomic mass is 9.90. The molecule has 0 aromatic carbocycles. The molecule has 0 radical (unpaired) electrons. The number of thiazole rings is 1. The predicted molar refractivity (Wildman–Crippen MR) is 84.3 cm³/mol. The fraction of sp³-hybridized carbons (Fsp3) is 0.733. The lowest BCUT2D eigenvalue weighted by Crippen LogP contribution is -2.31. The van der Waals surface area contributed by atoms with Crippen molar-refractivity contribution in [2.45, 2.75) is 52.9 Å². The van der Waals surface area contributed by atoms with Gasteiger partial charge in [0.1, 0.15) is 5.41 Å². The van der Waals surface area contributed by atoms with E-state index in [4.69, 9.17) is 4.74 Å². The van der Waals surface area contributed by atoms with Gasteiger partial charge in [-0.15, -0.1) is 11.3 Å². The number of ether oxygens (including phenoxy) is 1. The number of nitrogens with one attached hydrogen (secondary N) is 1. The van der Waals surface area contributed by atoms with Crippen molar-refractivity contribution in [1.82, 2.24) is 4.98 Å². The molecule has 1 aromatic heterocycles. The summed E-state index contributed by atoms with van der Waals surface area (Å²) >= 11 is 1.54. The third kappa shape index (κ3) is 4.78. The molecular weight excluding hydrogens is 272 g/mol. The number of carbonyl (C=O) groups excluding carboxylic acids is 1. The van der Waals surface area contributed by atoms with E-state index >= 15 is 0 Å². The number of carbonyl (C=O) groups is 1. The van der Waals surface area contributed by atoms with Crippen LogP contribution in [0.4, 0.5) is 5.13 Å². The van der Waals surface area contributed by atoms with Crippen LogP contribution in [0.3, 0.4) is 0 Å². The summed E-state index contributed by atoms with van der Waals surface area (Å²) in [5.74, 6) is 0.503. The van der Waals surface area contributed by atoms with Gasteiger partial charge in [0.2, 0.25) is 0 Å². The Morgan fingerprint density at radius 2 is 2.20 bits per heavy atom. The lowest BCUT2D eigenvalue weighted by Gasteiger charge is -2.19. The van der Waals surface area contributed by atoms with Gasteiger partial charge in [-0.3, -0.25) is 4.79 Å². The van der Waals surface area contributed by atoms with E-state index < -0.39 is 5.41 Å². The minimum absolute atomic E-state index is 0.225. The molecule has 1 rings (SSSR count). The number of anilines is 1. The topological polar surface area (TPSA) is 51.2 Å². The molecule has 5 heteroatoms. The van der Waals surface area contributed by atoms with Crippen LogP contribution in [0.25, 0.3) is 0 Å². The SMILES string of the molecule is CCOC(=O)C(C)(C)c1csc(NCCCC(C)C)n1. The Hall–Kier alpha value is -1.10. The molecule has 0 saturated carbocycles. The second kappa shape index (κ2) is 7.62. The molecule has 114 valence electrons. The molecule has 20 heavy (non-hydrogen) atoms. The van der Waals surface area contributed by atoms with E-state index in [2.05, 4.69) is 24.1 Å². The molecule has 1 N–H and O–H groups in total. The fourth-order valence-corrected chi connectivity index (χ4v) is 2.67. The Labute approximate surface area is 125 Å². The number of nitrogens with zero attached hydrogens (tertiary/aromatic N) is 1. The number of hydrogen-bond donors (Lipinski definition) is 1. The van der Waals surface area contributed by atoms with Crippen molar-refractivity contribution in [3.8, 4) is 0 Å². The first-order valence-corrected chi connectivity index (χ1v) is 8.13. The monoisotopic (exact) mass is 298 g/mol. The van der Waals surface area contributed by atoms with Crippen molar-refractivity contribution >= 4 is 22.4 Å². The molecule has 0 unspecified atom stereocenters. The molecule has 0 atom stereocenters. The van der Waals surface area contributed by atoms with E-state index in [1.807, 2.05) is 26.2 Å². The van der Waals surface area contributed by atoms with E-state index in [0.29, 0.717) is 6.61 Å². The first-order valence-electron chi connectivity index (χ1n) is 7.25. The van der Waals surface area contributed by atoms with Gasteiger partial charge in [-0.2, -0.15) is 0 Å². The number of aromatic nitrogens is 1. The highest BCUT2D eigenvalue weighted by Gasteiger charge is 2.33. The Morgan fingerprint density at radius 3 is 2.80 bits per heavy atom. The normalized spacial score (nSPS) is 11.7. The van der Waals surface area contributed by atoms with Crippen LogP contribution in [-0.2, 0) is 14.9 Å². The van der Waals surface area contributed by atoms with Gasteiger partial charge in [0, 0.05) is 11.9 Å². The van der Waals surface area contributed by atoms with Crippen molar-refractivity contribution in [3.63, 3.8) is 0 Å². The average Bonchev–Trinajstić information content (AvgIpc) is 2.84. The quantitative estimate of drug-likeness (QED) is 0.585. The largest absolute Gasteiger partial charge is 0.465 e. The lowest BCUT2D eigenvalue weighted by molar-refractivity contribution is -0.148. The molecule has 0 aliphatic rings. The first kappa shape index (κ1) is 17.0. The Morgan fingerprint density at radius 1 is 1.50 bits per heavy atom. The maximum atomic E-state index is 11.9. The molecule has 0 saturated heterocycles. The van der Waals surface area contributed by atoms with Crippen molar-refractivity contribution < 1.29 is 9.53 Å². The summed E-state index contributed by atoms with van der Waals surface area (Å²) in [5.41, 5.74) is 0.0806. The minimum Gasteiger partial charge on any atom is -0.465 e. The Bertz CT molecular complexity index is 427. The number of esters is 1. The summed E-state index contributed by atoms with van der Waals surface area (Å²) in [6.07, 6.45) is 2.34. The van der Waals surface area contributed by atoms with Crippen LogP contribution in [0.5, 0.6) is 0 Å². The van der Waals surface area contributed by atoms with Crippen LogP contribution in [-0.4, -0.2) is 24.1 Å². The highest BCUT2D eigenvalue weighted by molar-refractivity contribution is 7.13. The third-order valence-electron chi connectivity index (χ3n) is 3.16. The number of rotatable bonds is 8. The van der Waals surface area contributed by atoms with Crippen molar-refractivity contribution in [2.24, 2.45) is 5.92 Å². The van der Waals surface area contributed by atoms with Crippen LogP contribution in [0.15, 0.2) is 5.38 Å². The Balaban J connectivity index is 2.56. The molecule has 4 nitrogen and oxygen atoms in total. The van der Waals surface area contributed by atoms with E-state index in [9.17, 15) is 4.79 Å². The fourth-order valence-electron chi connectivity index (χ4n) is 1.76. The standard InChI is InChI=1S/C15H26N2O2S/c1-6-19-13(18)15(4,5)12-10-20-14(17-12)16-9-7-8-11(2)3/h10-11H,6-9H2,1-5H3,(H,16,17). The molecule has 0 aliphatic carbocycles. The zero-order valence-electron chi connectivity index (χ0n) is 13.2. The van der Waals surface area contributed by atoms with Crippen LogP contribution in [0.1, 0.15) is 53.2 Å². The van der Waals surface area contributed by atoms with Gasteiger partial charge < -0.3 is 10.1 Å². The maximum Gasteiger partial charge on any atom is 0.317 e. The molecule has 0 spiro atoms. The van der Waals surface area contributed by atoms with Gasteiger partial charge in [-0.1, -0.05) is 13.8 Å². The summed E-state index contributed by atoms with van der Waals surface area (Å²) in [7, 11) is 0. The van der Waals surface area contributed by atoms with Gasteiger partial charge in [-0.05, 0) is 39.5 Å². The first-order chi connectivity index (χ1) is 9.37. The van der Waals surface area contributed by atoms with Crippen molar-refractivity contribution in [3.05, 3.63) is 11.1 Å². The predicted octanol–water partition coefficient (Wildman–Crippen LogP) is 3.83. The summed E-state index contributed by atoms with van der Waals surface area (Å²) in [6.45, 7) is 11.3. The van der Waals surface area contributed by atoms with Crippen molar-refractivity contribution in [2.75, 3.05) is 18.5 Å². The average molecular weight is 298 g/mol. The van der Waals surface area contributed by atoms with Gasteiger partial charge in [0.05, 0.1) is 12.3 Å². The summed E-state index contributed by atoms with van der Waals surface area (Å²) in [4.78, 5) is 16.4. The molecule has 0 fully saturated rings. The van der Waals surface area contributed by atoms with Gasteiger partial charge in [-0.25, -0.2) is 4.98 Å². The van der Waals surface area contributed by atoms with Crippen LogP contribution >= 0.6 is 11.3 Å². The molecule has 0 amide bonds. The molecule has 0 bridgehead atoms. The van der Waals surface area contributed by atoms with E-state index in [1.165, 1.54) is 6.42 Å². The molecule has 0 aliphatic heterocycles. The highest BCUT2D eigenvalue weighted by Crippen LogP contribution is 2.28. The van der Waals surface area contributed by atoms with Gasteiger partial charge in [0.25, 0.3) is 0 Å². The van der Waals surface area contributed by atoms with Gasteiger partial charge >= 0.3 is 5.97 Å². The van der Waals surface area contributed by atoms with E-state index in [-0.39, 0.29) is 5.97 Å². The third-order valence-corrected chi connectivity index (χ3v) is 3.96. The molecule has 1 heterocycles. The second-order valence-corrected chi connectivity index (χ2v) is 6.70. The summed E-state index contributed by atoms with van der Waals surface area (Å²) in [5, 5.41) is 6.13. The number of hydrogen-bond acceptors (Lipinski definition) is 5. The van der Waals surface area contributed by atoms with E-state index in [1.54, 1.807) is 11.3 Å². The minimum atomic E-state index is -0.690. The summed E-state index contributed by atoms with van der Waals surface area (Å²) in [6, 6.07) is 0. The Kier molecular flexibility index (Phi) is 6.46. The molecular formula is C15H26N2O2S. The zero-order chi connectivity index (χ0) is 15.2. The zero-order valence-corrected chi connectivity index (χ0v) is 14.0. The highest BCUT2D eigenvalue weighted by atomic mass is 32.1. The summed E-state index contributed by atoms with van der Waals surface area (Å²) < 4.78 is 5.10. The van der Waals surface area contributed by atoms with E-state index in [0.717, 1.165) is 29.7 Å². The van der Waals surface area contributed by atoms with Crippen LogP contribution < -0.4 is 5.32 Å². The molecule has 1 aromatic rings. The van der Waals surface area contributed by atoms with Crippen molar-refractivity contribution in [1.29, 1.82) is 0 Å². The maximum absolute atomic E-state index is 11.9.